The first kappa shape index (κ1) is 20.7. The minimum absolute atomic E-state index is 0.117. The molecule has 0 aliphatic heterocycles. The summed E-state index contributed by atoms with van der Waals surface area (Å²) < 4.78 is 41.0. The molecule has 3 N–H and O–H groups in total. The van der Waals surface area contributed by atoms with E-state index in [0.29, 0.717) is 25.2 Å². The number of nitrogens with one attached hydrogen (secondary N) is 1. The van der Waals surface area contributed by atoms with Crippen molar-refractivity contribution >= 4 is 22.7 Å². The van der Waals surface area contributed by atoms with Gasteiger partial charge in [0, 0.05) is 12.1 Å². The van der Waals surface area contributed by atoms with Gasteiger partial charge in [0.1, 0.15) is 5.69 Å². The van der Waals surface area contributed by atoms with Crippen molar-refractivity contribution in [3.8, 4) is 0 Å². The zero-order valence-corrected chi connectivity index (χ0v) is 14.9. The van der Waals surface area contributed by atoms with Gasteiger partial charge in [-0.1, -0.05) is 13.8 Å². The number of benzene rings is 1. The summed E-state index contributed by atoms with van der Waals surface area (Å²) in [5.41, 5.74) is -0.146. The number of nitrogens with zero attached hydrogens (tertiary/aromatic N) is 2. The Bertz CT molecular complexity index is 761. The summed E-state index contributed by atoms with van der Waals surface area (Å²) >= 11 is 0. The molecule has 8 nitrogen and oxygen atoms in total. The zero-order valence-electron chi connectivity index (χ0n) is 14.9. The summed E-state index contributed by atoms with van der Waals surface area (Å²) in [6.07, 6.45) is -3.50. The third-order valence-electron chi connectivity index (χ3n) is 4.75. The lowest BCUT2D eigenvalue weighted by Gasteiger charge is -2.33. The Kier molecular flexibility index (Phi) is 5.81. The van der Waals surface area contributed by atoms with Crippen molar-refractivity contribution in [2.45, 2.75) is 45.7 Å². The molecule has 0 unspecified atom stereocenters. The van der Waals surface area contributed by atoms with E-state index in [9.17, 15) is 33.4 Å². The van der Waals surface area contributed by atoms with Crippen LogP contribution in [0.1, 0.15) is 44.2 Å². The summed E-state index contributed by atoms with van der Waals surface area (Å²) in [4.78, 5) is 21.0. The van der Waals surface area contributed by atoms with Crippen LogP contribution in [0, 0.1) is 32.1 Å². The predicted molar refractivity (Wildman–Crippen MR) is 93.5 cm³/mol. The maximum absolute atomic E-state index is 13.7. The van der Waals surface area contributed by atoms with Crippen molar-refractivity contribution in [2.24, 2.45) is 11.8 Å². The Hall–Kier alpha value is -2.59. The summed E-state index contributed by atoms with van der Waals surface area (Å²) in [5.74, 6) is 0.177. The topological polar surface area (TPSA) is 124 Å². The van der Waals surface area contributed by atoms with Crippen LogP contribution in [0.25, 0.3) is 0 Å². The Balaban J connectivity index is 2.81. The van der Waals surface area contributed by atoms with Crippen LogP contribution >= 0.6 is 0 Å². The van der Waals surface area contributed by atoms with E-state index in [0.717, 1.165) is 0 Å². The first-order valence-corrected chi connectivity index (χ1v) is 8.57. The Morgan fingerprint density at radius 1 is 1.19 bits per heavy atom. The number of nitrogen functional groups attached to an aromatic ring is 1. The molecule has 2 rings (SSSR count). The molecule has 27 heavy (non-hydrogen) atoms. The standard InChI is InChI=1S/C16H21F3N4O4/c1-3-4-21-13-14(22(24)25)10(7-9-5-8(2)6-9)11(16(17,18)19)12(20)15(13)23(26)27/h8-9,21H,3-7,20H2,1-2H3. The van der Waals surface area contributed by atoms with Gasteiger partial charge < -0.3 is 11.1 Å². The van der Waals surface area contributed by atoms with E-state index >= 15 is 0 Å². The lowest BCUT2D eigenvalue weighted by atomic mass is 9.72. The fourth-order valence-electron chi connectivity index (χ4n) is 3.65. The largest absolute Gasteiger partial charge is 0.419 e. The first-order valence-electron chi connectivity index (χ1n) is 8.57. The van der Waals surface area contributed by atoms with E-state index in [2.05, 4.69) is 5.32 Å². The number of rotatable bonds is 7. The average molecular weight is 390 g/mol. The van der Waals surface area contributed by atoms with E-state index in [1.807, 2.05) is 6.92 Å². The third-order valence-corrected chi connectivity index (χ3v) is 4.75. The first-order chi connectivity index (χ1) is 12.5. The zero-order chi connectivity index (χ0) is 20.5. The molecule has 0 atom stereocenters. The normalized spacial score (nSPS) is 19.4. The fraction of sp³-hybridized carbons (Fsp3) is 0.625. The average Bonchev–Trinajstić information content (AvgIpc) is 2.48. The van der Waals surface area contributed by atoms with Crippen molar-refractivity contribution in [3.05, 3.63) is 31.4 Å². The highest BCUT2D eigenvalue weighted by molar-refractivity contribution is 5.88. The van der Waals surface area contributed by atoms with E-state index < -0.39 is 49.9 Å². The molecule has 1 saturated carbocycles. The van der Waals surface area contributed by atoms with E-state index in [4.69, 9.17) is 5.73 Å². The van der Waals surface area contributed by atoms with Crippen LogP contribution < -0.4 is 11.1 Å². The Morgan fingerprint density at radius 3 is 2.15 bits per heavy atom. The van der Waals surface area contributed by atoms with Crippen molar-refractivity contribution in [3.63, 3.8) is 0 Å². The number of hydrogen-bond acceptors (Lipinski definition) is 6. The number of nitrogens with two attached hydrogens (primary N) is 1. The van der Waals surface area contributed by atoms with E-state index in [-0.39, 0.29) is 18.9 Å². The molecule has 0 heterocycles. The van der Waals surface area contributed by atoms with Crippen LogP contribution in [-0.2, 0) is 12.6 Å². The highest BCUT2D eigenvalue weighted by Crippen LogP contribution is 2.51. The van der Waals surface area contributed by atoms with Gasteiger partial charge in [-0.15, -0.1) is 0 Å². The molecule has 150 valence electrons. The highest BCUT2D eigenvalue weighted by Gasteiger charge is 2.46. The number of halogens is 3. The van der Waals surface area contributed by atoms with E-state index in [1.165, 1.54) is 0 Å². The molecule has 1 aromatic carbocycles. The minimum Gasteiger partial charge on any atom is -0.393 e. The second kappa shape index (κ2) is 7.57. The summed E-state index contributed by atoms with van der Waals surface area (Å²) in [6, 6.07) is 0. The van der Waals surface area contributed by atoms with Crippen molar-refractivity contribution < 1.29 is 23.0 Å². The Morgan fingerprint density at radius 2 is 1.74 bits per heavy atom. The van der Waals surface area contributed by atoms with Gasteiger partial charge in [-0.2, -0.15) is 13.2 Å². The minimum atomic E-state index is -5.05. The molecule has 1 fully saturated rings. The molecule has 1 aliphatic rings. The van der Waals surface area contributed by atoms with Gasteiger partial charge in [-0.05, 0) is 37.5 Å². The second-order valence-corrected chi connectivity index (χ2v) is 6.92. The Labute approximate surface area is 153 Å². The van der Waals surface area contributed by atoms with Crippen molar-refractivity contribution in [2.75, 3.05) is 17.6 Å². The number of nitro benzene ring substituents is 2. The maximum atomic E-state index is 13.7. The number of hydrogen-bond donors (Lipinski definition) is 2. The van der Waals surface area contributed by atoms with Crippen molar-refractivity contribution in [1.82, 2.24) is 0 Å². The number of nitro groups is 2. The van der Waals surface area contributed by atoms with Crippen LogP contribution in [0.15, 0.2) is 0 Å². The summed E-state index contributed by atoms with van der Waals surface area (Å²) in [5, 5.41) is 25.6. The molecule has 0 aromatic heterocycles. The fourth-order valence-corrected chi connectivity index (χ4v) is 3.65. The van der Waals surface area contributed by atoms with E-state index in [1.54, 1.807) is 6.92 Å². The second-order valence-electron chi connectivity index (χ2n) is 6.92. The lowest BCUT2D eigenvalue weighted by Crippen LogP contribution is -2.26. The summed E-state index contributed by atoms with van der Waals surface area (Å²) in [6.45, 7) is 3.77. The van der Waals surface area contributed by atoms with Crippen LogP contribution in [0.2, 0.25) is 0 Å². The van der Waals surface area contributed by atoms with Gasteiger partial charge in [0.05, 0.1) is 15.4 Å². The van der Waals surface area contributed by atoms with Crippen LogP contribution in [-0.4, -0.2) is 16.4 Å². The van der Waals surface area contributed by atoms with Gasteiger partial charge in [-0.3, -0.25) is 20.2 Å². The third kappa shape index (κ3) is 4.06. The monoisotopic (exact) mass is 390 g/mol. The molecule has 0 amide bonds. The molecule has 0 radical (unpaired) electrons. The molecule has 0 saturated heterocycles. The van der Waals surface area contributed by atoms with Crippen LogP contribution in [0.4, 0.5) is 35.9 Å². The van der Waals surface area contributed by atoms with Gasteiger partial charge in [0.2, 0.25) is 0 Å². The molecular weight excluding hydrogens is 369 g/mol. The molecule has 1 aromatic rings. The van der Waals surface area contributed by atoms with Crippen LogP contribution in [0.3, 0.4) is 0 Å². The SMILES string of the molecule is CCCNc1c([N+](=O)[O-])c(N)c(C(F)(F)F)c(CC2CC(C)C2)c1[N+](=O)[O-]. The van der Waals surface area contributed by atoms with Gasteiger partial charge in [0.25, 0.3) is 0 Å². The molecule has 11 heteroatoms. The highest BCUT2D eigenvalue weighted by atomic mass is 19.4. The van der Waals surface area contributed by atoms with Gasteiger partial charge >= 0.3 is 17.6 Å². The van der Waals surface area contributed by atoms with Gasteiger partial charge in [0.15, 0.2) is 5.69 Å². The van der Waals surface area contributed by atoms with Crippen LogP contribution in [0.5, 0.6) is 0 Å². The van der Waals surface area contributed by atoms with Gasteiger partial charge in [-0.25, -0.2) is 0 Å². The molecule has 1 aliphatic carbocycles. The number of anilines is 2. The quantitative estimate of drug-likeness (QED) is 0.401. The lowest BCUT2D eigenvalue weighted by molar-refractivity contribution is -0.392. The molecule has 0 spiro atoms. The number of alkyl halides is 3. The van der Waals surface area contributed by atoms with Crippen molar-refractivity contribution in [1.29, 1.82) is 0 Å². The maximum Gasteiger partial charge on any atom is 0.419 e. The predicted octanol–water partition coefficient (Wildman–Crippen LogP) is 4.51. The summed E-state index contributed by atoms with van der Waals surface area (Å²) in [7, 11) is 0. The smallest absolute Gasteiger partial charge is 0.393 e. The molecule has 0 bridgehead atoms. The molecular formula is C16H21F3N4O4.